The lowest BCUT2D eigenvalue weighted by Crippen LogP contribution is -2.45. The number of amides is 3. The van der Waals surface area contributed by atoms with Crippen LogP contribution >= 0.6 is 11.6 Å². The van der Waals surface area contributed by atoms with Gasteiger partial charge in [-0.05, 0) is 69.5 Å². The molecule has 12 heteroatoms. The van der Waals surface area contributed by atoms with Gasteiger partial charge in [0.25, 0.3) is 11.8 Å². The Kier molecular flexibility index (Phi) is 9.07. The van der Waals surface area contributed by atoms with Crippen LogP contribution in [-0.2, 0) is 11.2 Å². The quantitative estimate of drug-likeness (QED) is 0.319. The molecule has 3 amide bonds. The van der Waals surface area contributed by atoms with Crippen LogP contribution in [0.2, 0.25) is 5.02 Å². The van der Waals surface area contributed by atoms with Crippen LogP contribution in [-0.4, -0.2) is 63.3 Å². The third kappa shape index (κ3) is 7.69. The van der Waals surface area contributed by atoms with Gasteiger partial charge in [0, 0.05) is 30.8 Å². The molecular weight excluding hydrogens is 553 g/mol. The summed E-state index contributed by atoms with van der Waals surface area (Å²) in [6.07, 6.45) is 2.38. The number of carbonyl (C=O) groups is 4. The normalized spacial score (nSPS) is 15.0. The van der Waals surface area contributed by atoms with E-state index in [-0.39, 0.29) is 46.8 Å². The van der Waals surface area contributed by atoms with E-state index in [4.69, 9.17) is 16.3 Å². The van der Waals surface area contributed by atoms with Crippen molar-refractivity contribution in [3.63, 3.8) is 0 Å². The highest BCUT2D eigenvalue weighted by Crippen LogP contribution is 2.22. The van der Waals surface area contributed by atoms with E-state index in [0.29, 0.717) is 24.2 Å². The van der Waals surface area contributed by atoms with Gasteiger partial charge in [0.05, 0.1) is 17.4 Å². The summed E-state index contributed by atoms with van der Waals surface area (Å²) in [6.45, 7) is 6.13. The number of carbonyl (C=O) groups excluding carboxylic acids is 4. The Morgan fingerprint density at radius 3 is 2.54 bits per heavy atom. The molecule has 1 atom stereocenters. The molecule has 0 aliphatic carbocycles. The predicted octanol–water partition coefficient (Wildman–Crippen LogP) is 5.01. The maximum absolute atomic E-state index is 13.3. The number of halogens is 2. The van der Waals surface area contributed by atoms with Crippen LogP contribution < -0.4 is 10.6 Å². The Hall–Kier alpha value is -4.25. The molecule has 41 heavy (non-hydrogen) atoms. The molecule has 1 unspecified atom stereocenters. The third-order valence-electron chi connectivity index (χ3n) is 6.39. The topological polar surface area (TPSA) is 133 Å². The van der Waals surface area contributed by atoms with Gasteiger partial charge < -0.3 is 25.3 Å². The standard InChI is InChI=1S/C29H31ClFN5O5/c1-29(2,3)41-28(40)36-12-4-5-20(36)15-32-26(38)24-25(34-16-33-24)27(39)35-19-9-6-17(7-10-19)13-23(37)21-11-8-18(31)14-22(21)30/h6-11,14,16,20H,4-5,12-13,15H2,1-3H3,(H,32,38)(H,33,34)(H,35,39). The highest BCUT2D eigenvalue weighted by molar-refractivity contribution is 6.34. The number of aromatic nitrogens is 2. The molecule has 1 fully saturated rings. The van der Waals surface area contributed by atoms with E-state index in [0.717, 1.165) is 12.5 Å². The number of imidazole rings is 1. The smallest absolute Gasteiger partial charge is 0.410 e. The first-order valence-electron chi connectivity index (χ1n) is 13.1. The van der Waals surface area contributed by atoms with Crippen molar-refractivity contribution in [1.82, 2.24) is 20.2 Å². The van der Waals surface area contributed by atoms with Gasteiger partial charge in [-0.3, -0.25) is 14.4 Å². The van der Waals surface area contributed by atoms with Crippen molar-refractivity contribution in [3.8, 4) is 0 Å². The monoisotopic (exact) mass is 583 g/mol. The van der Waals surface area contributed by atoms with E-state index in [1.807, 2.05) is 0 Å². The number of H-pyrrole nitrogens is 1. The third-order valence-corrected chi connectivity index (χ3v) is 6.71. The molecule has 3 N–H and O–H groups in total. The summed E-state index contributed by atoms with van der Waals surface area (Å²) >= 11 is 5.98. The summed E-state index contributed by atoms with van der Waals surface area (Å²) in [5, 5.41) is 5.51. The van der Waals surface area contributed by atoms with E-state index in [2.05, 4.69) is 20.6 Å². The van der Waals surface area contributed by atoms with E-state index < -0.39 is 29.3 Å². The lowest BCUT2D eigenvalue weighted by atomic mass is 10.0. The number of anilines is 1. The molecule has 1 aromatic heterocycles. The number of rotatable bonds is 8. The lowest BCUT2D eigenvalue weighted by molar-refractivity contribution is 0.0225. The van der Waals surface area contributed by atoms with Gasteiger partial charge in [0.1, 0.15) is 17.1 Å². The second-order valence-corrected chi connectivity index (χ2v) is 11.1. The van der Waals surface area contributed by atoms with E-state index in [1.54, 1.807) is 49.9 Å². The van der Waals surface area contributed by atoms with Gasteiger partial charge >= 0.3 is 6.09 Å². The Balaban J connectivity index is 1.33. The molecule has 4 rings (SSSR count). The fourth-order valence-corrected chi connectivity index (χ4v) is 4.71. The largest absolute Gasteiger partial charge is 0.444 e. The number of ether oxygens (including phenoxy) is 1. The Bertz CT molecular complexity index is 1450. The minimum absolute atomic E-state index is 0.0114. The summed E-state index contributed by atoms with van der Waals surface area (Å²) in [6, 6.07) is 9.95. The van der Waals surface area contributed by atoms with Crippen LogP contribution in [0.25, 0.3) is 0 Å². The molecule has 216 valence electrons. The molecule has 0 spiro atoms. The zero-order chi connectivity index (χ0) is 29.7. The SMILES string of the molecule is CC(C)(C)OC(=O)N1CCCC1CNC(=O)c1[nH]cnc1C(=O)Nc1ccc(CC(=O)c2ccc(F)cc2Cl)cc1. The summed E-state index contributed by atoms with van der Waals surface area (Å²) < 4.78 is 18.7. The lowest BCUT2D eigenvalue weighted by Gasteiger charge is -2.28. The molecule has 3 aromatic rings. The van der Waals surface area contributed by atoms with E-state index >= 15 is 0 Å². The number of nitrogens with one attached hydrogen (secondary N) is 3. The predicted molar refractivity (Wildman–Crippen MR) is 151 cm³/mol. The summed E-state index contributed by atoms with van der Waals surface area (Å²) in [7, 11) is 0. The van der Waals surface area contributed by atoms with E-state index in [1.165, 1.54) is 18.5 Å². The van der Waals surface area contributed by atoms with Crippen LogP contribution in [0.1, 0.15) is 70.5 Å². The second-order valence-electron chi connectivity index (χ2n) is 10.7. The van der Waals surface area contributed by atoms with Crippen molar-refractivity contribution in [2.45, 2.75) is 51.7 Å². The zero-order valence-electron chi connectivity index (χ0n) is 22.9. The van der Waals surface area contributed by atoms with E-state index in [9.17, 15) is 23.6 Å². The van der Waals surface area contributed by atoms with Crippen LogP contribution in [0, 0.1) is 5.82 Å². The number of benzene rings is 2. The highest BCUT2D eigenvalue weighted by atomic mass is 35.5. The first-order chi connectivity index (χ1) is 19.4. The molecule has 1 aliphatic heterocycles. The van der Waals surface area contributed by atoms with Crippen molar-refractivity contribution in [3.05, 3.63) is 82.1 Å². The number of hydrogen-bond donors (Lipinski definition) is 3. The molecule has 0 bridgehead atoms. The number of nitrogens with zero attached hydrogens (tertiary/aromatic N) is 2. The van der Waals surface area contributed by atoms with Crippen molar-refractivity contribution < 1.29 is 28.3 Å². The van der Waals surface area contributed by atoms with Gasteiger partial charge in [0.2, 0.25) is 0 Å². The first kappa shape index (κ1) is 29.7. The maximum atomic E-state index is 13.3. The van der Waals surface area contributed by atoms with Gasteiger partial charge in [-0.25, -0.2) is 14.2 Å². The summed E-state index contributed by atoms with van der Waals surface area (Å²) in [5.41, 5.74) is 0.591. The molecule has 1 saturated heterocycles. The fraction of sp³-hybridized carbons (Fsp3) is 0.345. The van der Waals surface area contributed by atoms with Crippen LogP contribution in [0.3, 0.4) is 0 Å². The van der Waals surface area contributed by atoms with Gasteiger partial charge in [-0.1, -0.05) is 23.7 Å². The molecule has 2 heterocycles. The zero-order valence-corrected chi connectivity index (χ0v) is 23.7. The first-order valence-corrected chi connectivity index (χ1v) is 13.5. The Morgan fingerprint density at radius 2 is 1.85 bits per heavy atom. The van der Waals surface area contributed by atoms with Gasteiger partial charge in [-0.15, -0.1) is 0 Å². The average Bonchev–Trinajstić information content (AvgIpc) is 3.57. The highest BCUT2D eigenvalue weighted by Gasteiger charge is 2.32. The summed E-state index contributed by atoms with van der Waals surface area (Å²) in [4.78, 5) is 59.2. The molecule has 1 aliphatic rings. The maximum Gasteiger partial charge on any atom is 0.410 e. The fourth-order valence-electron chi connectivity index (χ4n) is 4.44. The molecule has 0 saturated carbocycles. The van der Waals surface area contributed by atoms with Crippen molar-refractivity contribution in [1.29, 1.82) is 0 Å². The molecule has 2 aromatic carbocycles. The Morgan fingerprint density at radius 1 is 1.12 bits per heavy atom. The molecule has 10 nitrogen and oxygen atoms in total. The number of hydrogen-bond acceptors (Lipinski definition) is 6. The van der Waals surface area contributed by atoms with Gasteiger partial charge in [0.15, 0.2) is 11.5 Å². The van der Waals surface area contributed by atoms with Gasteiger partial charge in [-0.2, -0.15) is 0 Å². The molecule has 0 radical (unpaired) electrons. The molecular formula is C29H31ClFN5O5. The number of aromatic amines is 1. The van der Waals surface area contributed by atoms with Crippen molar-refractivity contribution >= 4 is 41.0 Å². The van der Waals surface area contributed by atoms with Crippen molar-refractivity contribution in [2.75, 3.05) is 18.4 Å². The Labute approximate surface area is 241 Å². The van der Waals surface area contributed by atoms with Crippen LogP contribution in [0.15, 0.2) is 48.8 Å². The van der Waals surface area contributed by atoms with Crippen LogP contribution in [0.5, 0.6) is 0 Å². The second kappa shape index (κ2) is 12.5. The van der Waals surface area contributed by atoms with Crippen LogP contribution in [0.4, 0.5) is 14.9 Å². The number of Topliss-reactive ketones (excluding diaryl/α,β-unsaturated/α-hetero) is 1. The number of likely N-dealkylation sites (tertiary alicyclic amines) is 1. The minimum Gasteiger partial charge on any atom is -0.444 e. The number of ketones is 1. The van der Waals surface area contributed by atoms with Crippen molar-refractivity contribution in [2.24, 2.45) is 0 Å². The summed E-state index contributed by atoms with van der Waals surface area (Å²) in [5.74, 6) is -1.93. The average molecular weight is 584 g/mol. The minimum atomic E-state index is -0.623.